The fourth-order valence-corrected chi connectivity index (χ4v) is 1.50. The van der Waals surface area contributed by atoms with Crippen LogP contribution in [0.4, 0.5) is 0 Å². The molecule has 1 heterocycles. The predicted octanol–water partition coefficient (Wildman–Crippen LogP) is 2.54. The Morgan fingerprint density at radius 1 is 1.39 bits per heavy atom. The van der Waals surface area contributed by atoms with E-state index in [0.29, 0.717) is 5.75 Å². The number of hydrogen-bond acceptors (Lipinski definition) is 5. The Morgan fingerprint density at radius 2 is 2.11 bits per heavy atom. The first-order valence-electron chi connectivity index (χ1n) is 5.22. The smallest absolute Gasteiger partial charge is 0.362 e. The standard InChI is InChI=1S/C11H10BrN3O3/c1-2-17-11(16)9-10(14-15-13-9)18-8-5-3-7(12)4-6-8/h3-6H,2H2,1H3,(H,13,14,15). The highest BCUT2D eigenvalue weighted by molar-refractivity contribution is 9.10. The highest BCUT2D eigenvalue weighted by Gasteiger charge is 2.18. The number of halogens is 1. The van der Waals surface area contributed by atoms with Crippen LogP contribution >= 0.6 is 15.9 Å². The van der Waals surface area contributed by atoms with Crippen LogP contribution in [0.15, 0.2) is 28.7 Å². The molecule has 0 aliphatic carbocycles. The average molecular weight is 312 g/mol. The SMILES string of the molecule is CCOC(=O)c1[nH]nnc1Oc1ccc(Br)cc1. The van der Waals surface area contributed by atoms with Crippen LogP contribution in [0.1, 0.15) is 17.4 Å². The number of esters is 1. The first kappa shape index (κ1) is 12.6. The minimum absolute atomic E-state index is 0.0933. The van der Waals surface area contributed by atoms with Crippen molar-refractivity contribution in [2.75, 3.05) is 6.61 Å². The summed E-state index contributed by atoms with van der Waals surface area (Å²) in [4.78, 5) is 11.5. The molecular formula is C11H10BrN3O3. The molecule has 1 aromatic carbocycles. The van der Waals surface area contributed by atoms with Crippen molar-refractivity contribution < 1.29 is 14.3 Å². The molecule has 0 atom stereocenters. The lowest BCUT2D eigenvalue weighted by molar-refractivity contribution is 0.0516. The van der Waals surface area contributed by atoms with E-state index in [1.165, 1.54) is 0 Å². The Bertz CT molecular complexity index is 539. The summed E-state index contributed by atoms with van der Waals surface area (Å²) >= 11 is 3.32. The number of H-pyrrole nitrogens is 1. The molecule has 0 saturated heterocycles. The number of carbonyl (C=O) groups excluding carboxylic acids is 1. The lowest BCUT2D eigenvalue weighted by atomic mass is 10.3. The van der Waals surface area contributed by atoms with Crippen molar-refractivity contribution in [2.45, 2.75) is 6.92 Å². The minimum atomic E-state index is -0.547. The number of ether oxygens (including phenoxy) is 2. The Morgan fingerprint density at radius 3 is 2.78 bits per heavy atom. The van der Waals surface area contributed by atoms with Gasteiger partial charge in [0.2, 0.25) is 5.69 Å². The van der Waals surface area contributed by atoms with Crippen LogP contribution in [0.25, 0.3) is 0 Å². The summed E-state index contributed by atoms with van der Waals surface area (Å²) in [6.45, 7) is 1.99. The van der Waals surface area contributed by atoms with E-state index in [2.05, 4.69) is 31.3 Å². The Kier molecular flexibility index (Phi) is 3.93. The molecule has 2 rings (SSSR count). The van der Waals surface area contributed by atoms with Gasteiger partial charge in [-0.15, -0.1) is 0 Å². The average Bonchev–Trinajstić information content (AvgIpc) is 2.81. The molecule has 0 spiro atoms. The summed E-state index contributed by atoms with van der Waals surface area (Å²) in [6, 6.07) is 7.13. The van der Waals surface area contributed by atoms with Crippen molar-refractivity contribution in [3.8, 4) is 11.6 Å². The maximum absolute atomic E-state index is 11.5. The summed E-state index contributed by atoms with van der Waals surface area (Å²) in [5.41, 5.74) is 0.0970. The van der Waals surface area contributed by atoms with Crippen LogP contribution in [0.2, 0.25) is 0 Å². The van der Waals surface area contributed by atoms with Gasteiger partial charge in [-0.1, -0.05) is 26.2 Å². The number of rotatable bonds is 4. The zero-order valence-electron chi connectivity index (χ0n) is 9.51. The van der Waals surface area contributed by atoms with E-state index in [-0.39, 0.29) is 18.2 Å². The van der Waals surface area contributed by atoms with Gasteiger partial charge in [0, 0.05) is 4.47 Å². The Balaban J connectivity index is 2.17. The summed E-state index contributed by atoms with van der Waals surface area (Å²) < 4.78 is 11.2. The van der Waals surface area contributed by atoms with Crippen LogP contribution < -0.4 is 4.74 Å². The highest BCUT2D eigenvalue weighted by Crippen LogP contribution is 2.23. The largest absolute Gasteiger partial charge is 0.461 e. The minimum Gasteiger partial charge on any atom is -0.461 e. The van der Waals surface area contributed by atoms with E-state index in [0.717, 1.165) is 4.47 Å². The fraction of sp³-hybridized carbons (Fsp3) is 0.182. The van der Waals surface area contributed by atoms with E-state index in [1.54, 1.807) is 19.1 Å². The summed E-state index contributed by atoms with van der Waals surface area (Å²) in [7, 11) is 0. The monoisotopic (exact) mass is 311 g/mol. The van der Waals surface area contributed by atoms with E-state index < -0.39 is 5.97 Å². The van der Waals surface area contributed by atoms with E-state index in [9.17, 15) is 4.79 Å². The molecule has 0 amide bonds. The van der Waals surface area contributed by atoms with Gasteiger partial charge in [-0.3, -0.25) is 0 Å². The maximum Gasteiger partial charge on any atom is 0.362 e. The molecule has 1 N–H and O–H groups in total. The van der Waals surface area contributed by atoms with Gasteiger partial charge in [-0.2, -0.15) is 0 Å². The van der Waals surface area contributed by atoms with Crippen LogP contribution in [-0.2, 0) is 4.74 Å². The van der Waals surface area contributed by atoms with Gasteiger partial charge in [0.05, 0.1) is 6.61 Å². The first-order valence-corrected chi connectivity index (χ1v) is 6.01. The van der Waals surface area contributed by atoms with Crippen molar-refractivity contribution in [3.63, 3.8) is 0 Å². The molecule has 0 bridgehead atoms. The van der Waals surface area contributed by atoms with Crippen LogP contribution in [-0.4, -0.2) is 28.0 Å². The molecule has 0 aliphatic heterocycles. The van der Waals surface area contributed by atoms with Crippen molar-refractivity contribution in [1.82, 2.24) is 15.4 Å². The number of hydrogen-bond donors (Lipinski definition) is 1. The second-order valence-electron chi connectivity index (χ2n) is 3.27. The topological polar surface area (TPSA) is 77.1 Å². The van der Waals surface area contributed by atoms with Gasteiger partial charge in [0.25, 0.3) is 5.88 Å². The molecule has 0 radical (unpaired) electrons. The molecule has 1 aromatic heterocycles. The molecule has 7 heteroatoms. The molecule has 18 heavy (non-hydrogen) atoms. The summed E-state index contributed by atoms with van der Waals surface area (Å²) in [5, 5.41) is 9.68. The normalized spacial score (nSPS) is 10.1. The third-order valence-electron chi connectivity index (χ3n) is 2.02. The second kappa shape index (κ2) is 5.63. The predicted molar refractivity (Wildman–Crippen MR) is 66.6 cm³/mol. The van der Waals surface area contributed by atoms with Gasteiger partial charge in [0.15, 0.2) is 0 Å². The van der Waals surface area contributed by atoms with Gasteiger partial charge < -0.3 is 9.47 Å². The number of carbonyl (C=O) groups is 1. The van der Waals surface area contributed by atoms with Gasteiger partial charge >= 0.3 is 5.97 Å². The third kappa shape index (κ3) is 2.86. The number of aromatic amines is 1. The maximum atomic E-state index is 11.5. The van der Waals surface area contributed by atoms with Gasteiger partial charge in [0.1, 0.15) is 5.75 Å². The number of nitrogens with one attached hydrogen (secondary N) is 1. The number of nitrogens with zero attached hydrogens (tertiary/aromatic N) is 2. The van der Waals surface area contributed by atoms with E-state index >= 15 is 0 Å². The molecule has 0 unspecified atom stereocenters. The number of benzene rings is 1. The summed E-state index contributed by atoms with van der Waals surface area (Å²) in [5.74, 6) is 0.100. The third-order valence-corrected chi connectivity index (χ3v) is 2.55. The van der Waals surface area contributed by atoms with Crippen molar-refractivity contribution in [1.29, 1.82) is 0 Å². The van der Waals surface area contributed by atoms with Crippen molar-refractivity contribution in [2.24, 2.45) is 0 Å². The van der Waals surface area contributed by atoms with Crippen molar-refractivity contribution >= 4 is 21.9 Å². The van der Waals surface area contributed by atoms with Crippen molar-refractivity contribution in [3.05, 3.63) is 34.4 Å². The highest BCUT2D eigenvalue weighted by atomic mass is 79.9. The molecule has 0 aliphatic rings. The first-order chi connectivity index (χ1) is 8.70. The Hall–Kier alpha value is -1.89. The Labute approximate surface area is 111 Å². The zero-order valence-corrected chi connectivity index (χ0v) is 11.1. The molecule has 6 nitrogen and oxygen atoms in total. The van der Waals surface area contributed by atoms with Crippen LogP contribution in [0.5, 0.6) is 11.6 Å². The molecular weight excluding hydrogens is 302 g/mol. The molecule has 94 valence electrons. The van der Waals surface area contributed by atoms with Crippen LogP contribution in [0, 0.1) is 0 Å². The van der Waals surface area contributed by atoms with Crippen LogP contribution in [0.3, 0.4) is 0 Å². The fourth-order valence-electron chi connectivity index (χ4n) is 1.24. The van der Waals surface area contributed by atoms with E-state index in [4.69, 9.17) is 9.47 Å². The molecule has 0 saturated carbocycles. The van der Waals surface area contributed by atoms with Gasteiger partial charge in [-0.25, -0.2) is 9.89 Å². The van der Waals surface area contributed by atoms with E-state index in [1.807, 2.05) is 12.1 Å². The molecule has 0 fully saturated rings. The quantitative estimate of drug-likeness (QED) is 0.878. The number of aromatic nitrogens is 3. The molecule has 2 aromatic rings. The lowest BCUT2D eigenvalue weighted by Crippen LogP contribution is -2.06. The lowest BCUT2D eigenvalue weighted by Gasteiger charge is -2.04. The summed E-state index contributed by atoms with van der Waals surface area (Å²) in [6.07, 6.45) is 0. The van der Waals surface area contributed by atoms with Gasteiger partial charge in [-0.05, 0) is 31.2 Å². The zero-order chi connectivity index (χ0) is 13.0. The second-order valence-corrected chi connectivity index (χ2v) is 4.18.